The molecule has 0 bridgehead atoms. The van der Waals surface area contributed by atoms with Crippen molar-refractivity contribution in [3.63, 3.8) is 0 Å². The van der Waals surface area contributed by atoms with Crippen LogP contribution in [0.2, 0.25) is 0 Å². The molecule has 3 heteroatoms. The van der Waals surface area contributed by atoms with E-state index in [0.29, 0.717) is 0 Å². The molecule has 0 amide bonds. The van der Waals surface area contributed by atoms with E-state index in [-0.39, 0.29) is 5.60 Å². The van der Waals surface area contributed by atoms with Gasteiger partial charge in [-0.1, -0.05) is 6.92 Å². The van der Waals surface area contributed by atoms with Gasteiger partial charge in [0.05, 0.1) is 5.60 Å². The maximum absolute atomic E-state index is 6.03. The summed E-state index contributed by atoms with van der Waals surface area (Å²) in [5.41, 5.74) is 5.89. The second kappa shape index (κ2) is 5.07. The summed E-state index contributed by atoms with van der Waals surface area (Å²) in [6.07, 6.45) is 4.96. The Morgan fingerprint density at radius 3 is 3.13 bits per heavy atom. The molecule has 0 aliphatic carbocycles. The highest BCUT2D eigenvalue weighted by molar-refractivity contribution is 7.99. The standard InChI is InChI=1S/C12H23NOS/c1-10(2-5-13)11-3-6-14-12(8-11)4-7-15-9-12/h10-11H,2-9,13H2,1H3. The zero-order chi connectivity index (χ0) is 10.7. The van der Waals surface area contributed by atoms with Gasteiger partial charge >= 0.3 is 0 Å². The van der Waals surface area contributed by atoms with Gasteiger partial charge in [-0.05, 0) is 49.8 Å². The van der Waals surface area contributed by atoms with Crippen LogP contribution in [0.25, 0.3) is 0 Å². The van der Waals surface area contributed by atoms with E-state index in [9.17, 15) is 0 Å². The average molecular weight is 229 g/mol. The van der Waals surface area contributed by atoms with Crippen molar-refractivity contribution in [3.05, 3.63) is 0 Å². The minimum absolute atomic E-state index is 0.246. The van der Waals surface area contributed by atoms with Crippen molar-refractivity contribution >= 4 is 11.8 Å². The number of thioether (sulfide) groups is 1. The first-order chi connectivity index (χ1) is 7.26. The fourth-order valence-corrected chi connectivity index (χ4v) is 4.29. The van der Waals surface area contributed by atoms with Crippen LogP contribution in [-0.4, -0.2) is 30.3 Å². The van der Waals surface area contributed by atoms with Crippen molar-refractivity contribution in [1.82, 2.24) is 0 Å². The minimum Gasteiger partial charge on any atom is -0.374 e. The van der Waals surface area contributed by atoms with Gasteiger partial charge in [-0.15, -0.1) is 0 Å². The average Bonchev–Trinajstić information content (AvgIpc) is 2.67. The Kier molecular flexibility index (Phi) is 3.97. The third-order valence-corrected chi connectivity index (χ3v) is 5.25. The molecule has 0 aromatic rings. The molecule has 0 aromatic carbocycles. The molecule has 2 fully saturated rings. The van der Waals surface area contributed by atoms with Gasteiger partial charge in [0, 0.05) is 12.4 Å². The molecule has 0 aromatic heterocycles. The van der Waals surface area contributed by atoms with Crippen molar-refractivity contribution in [2.45, 2.75) is 38.2 Å². The van der Waals surface area contributed by atoms with E-state index >= 15 is 0 Å². The zero-order valence-corrected chi connectivity index (χ0v) is 10.5. The summed E-state index contributed by atoms with van der Waals surface area (Å²) < 4.78 is 6.03. The van der Waals surface area contributed by atoms with Crippen LogP contribution in [0.15, 0.2) is 0 Å². The summed E-state index contributed by atoms with van der Waals surface area (Å²) in [6.45, 7) is 4.17. The van der Waals surface area contributed by atoms with Gasteiger partial charge in [-0.2, -0.15) is 11.8 Å². The van der Waals surface area contributed by atoms with Gasteiger partial charge in [-0.3, -0.25) is 0 Å². The van der Waals surface area contributed by atoms with E-state index in [2.05, 4.69) is 18.7 Å². The number of hydrogen-bond donors (Lipinski definition) is 1. The first kappa shape index (κ1) is 11.7. The molecular weight excluding hydrogens is 206 g/mol. The molecule has 2 aliphatic rings. The predicted octanol–water partition coefficient (Wildman–Crippen LogP) is 2.27. The lowest BCUT2D eigenvalue weighted by Gasteiger charge is -2.40. The second-order valence-electron chi connectivity index (χ2n) is 5.14. The molecule has 1 spiro atoms. The summed E-state index contributed by atoms with van der Waals surface area (Å²) in [7, 11) is 0. The summed E-state index contributed by atoms with van der Waals surface area (Å²) in [5, 5.41) is 0. The Bertz CT molecular complexity index is 204. The number of nitrogens with two attached hydrogens (primary N) is 1. The molecule has 2 saturated heterocycles. The lowest BCUT2D eigenvalue weighted by molar-refractivity contribution is -0.0882. The maximum Gasteiger partial charge on any atom is 0.0783 e. The monoisotopic (exact) mass is 229 g/mol. The van der Waals surface area contributed by atoms with Gasteiger partial charge in [0.25, 0.3) is 0 Å². The fourth-order valence-electron chi connectivity index (χ4n) is 2.91. The fraction of sp³-hybridized carbons (Fsp3) is 1.00. The van der Waals surface area contributed by atoms with Crippen LogP contribution in [0, 0.1) is 11.8 Å². The molecule has 2 rings (SSSR count). The summed E-state index contributed by atoms with van der Waals surface area (Å²) >= 11 is 2.06. The third-order valence-electron chi connectivity index (χ3n) is 4.02. The number of ether oxygens (including phenoxy) is 1. The molecule has 0 radical (unpaired) electrons. The number of rotatable bonds is 3. The van der Waals surface area contributed by atoms with Crippen LogP contribution < -0.4 is 5.73 Å². The van der Waals surface area contributed by atoms with Crippen LogP contribution in [0.5, 0.6) is 0 Å². The Morgan fingerprint density at radius 2 is 2.47 bits per heavy atom. The van der Waals surface area contributed by atoms with E-state index in [1.165, 1.54) is 37.2 Å². The highest BCUT2D eigenvalue weighted by Crippen LogP contribution is 2.42. The lowest BCUT2D eigenvalue weighted by atomic mass is 9.78. The Balaban J connectivity index is 1.91. The van der Waals surface area contributed by atoms with Gasteiger partial charge < -0.3 is 10.5 Å². The Morgan fingerprint density at radius 1 is 1.60 bits per heavy atom. The van der Waals surface area contributed by atoms with Gasteiger partial charge in [0.15, 0.2) is 0 Å². The Labute approximate surface area is 97.3 Å². The highest BCUT2D eigenvalue weighted by atomic mass is 32.2. The number of hydrogen-bond acceptors (Lipinski definition) is 3. The largest absolute Gasteiger partial charge is 0.374 e. The molecule has 2 aliphatic heterocycles. The molecule has 2 N–H and O–H groups in total. The highest BCUT2D eigenvalue weighted by Gasteiger charge is 2.41. The normalized spacial score (nSPS) is 38.4. The molecule has 3 atom stereocenters. The van der Waals surface area contributed by atoms with E-state index in [0.717, 1.165) is 25.0 Å². The second-order valence-corrected chi connectivity index (χ2v) is 6.25. The van der Waals surface area contributed by atoms with Gasteiger partial charge in [0.2, 0.25) is 0 Å². The quantitative estimate of drug-likeness (QED) is 0.806. The molecule has 3 unspecified atom stereocenters. The summed E-state index contributed by atoms with van der Waals surface area (Å²) in [5.74, 6) is 4.14. The van der Waals surface area contributed by atoms with Crippen molar-refractivity contribution in [3.8, 4) is 0 Å². The van der Waals surface area contributed by atoms with Crippen LogP contribution >= 0.6 is 11.8 Å². The van der Waals surface area contributed by atoms with Crippen LogP contribution in [-0.2, 0) is 4.74 Å². The zero-order valence-electron chi connectivity index (χ0n) is 9.71. The molecule has 0 saturated carbocycles. The van der Waals surface area contributed by atoms with Gasteiger partial charge in [0.1, 0.15) is 0 Å². The van der Waals surface area contributed by atoms with Crippen molar-refractivity contribution in [1.29, 1.82) is 0 Å². The first-order valence-corrected chi connectivity index (χ1v) is 7.33. The predicted molar refractivity (Wildman–Crippen MR) is 66.2 cm³/mol. The van der Waals surface area contributed by atoms with Crippen molar-refractivity contribution in [2.75, 3.05) is 24.7 Å². The molecule has 15 heavy (non-hydrogen) atoms. The van der Waals surface area contributed by atoms with E-state index in [4.69, 9.17) is 10.5 Å². The van der Waals surface area contributed by atoms with E-state index < -0.39 is 0 Å². The minimum atomic E-state index is 0.246. The molecule has 88 valence electrons. The smallest absolute Gasteiger partial charge is 0.0783 e. The maximum atomic E-state index is 6.03. The summed E-state index contributed by atoms with van der Waals surface area (Å²) in [6, 6.07) is 0. The van der Waals surface area contributed by atoms with Crippen LogP contribution in [0.4, 0.5) is 0 Å². The van der Waals surface area contributed by atoms with E-state index in [1.54, 1.807) is 0 Å². The first-order valence-electron chi connectivity index (χ1n) is 6.17. The third kappa shape index (κ3) is 2.69. The van der Waals surface area contributed by atoms with Crippen molar-refractivity contribution < 1.29 is 4.74 Å². The van der Waals surface area contributed by atoms with Crippen LogP contribution in [0.1, 0.15) is 32.6 Å². The molecular formula is C12H23NOS. The SMILES string of the molecule is CC(CCN)C1CCOC2(CCSC2)C1. The molecule has 2 heterocycles. The van der Waals surface area contributed by atoms with Crippen molar-refractivity contribution in [2.24, 2.45) is 17.6 Å². The van der Waals surface area contributed by atoms with E-state index in [1.807, 2.05) is 0 Å². The topological polar surface area (TPSA) is 35.2 Å². The van der Waals surface area contributed by atoms with Gasteiger partial charge in [-0.25, -0.2) is 0 Å². The molecule has 2 nitrogen and oxygen atoms in total. The Hall–Kier alpha value is 0.270. The lowest BCUT2D eigenvalue weighted by Crippen LogP contribution is -2.41. The van der Waals surface area contributed by atoms with Crippen LogP contribution in [0.3, 0.4) is 0 Å². The summed E-state index contributed by atoms with van der Waals surface area (Å²) in [4.78, 5) is 0.